The molecule has 2 rings (SSSR count). The largest absolute Gasteiger partial charge is 0.345 e. The van der Waals surface area contributed by atoms with Crippen molar-refractivity contribution in [2.75, 3.05) is 5.32 Å². The van der Waals surface area contributed by atoms with Crippen LogP contribution in [0.5, 0.6) is 0 Å². The molecule has 0 spiro atoms. The Kier molecular flexibility index (Phi) is 3.28. The number of nitrogens with one attached hydrogen (secondary N) is 2. The third-order valence-corrected chi connectivity index (χ3v) is 2.53. The fraction of sp³-hybridized carbons (Fsp3) is 0.273. The van der Waals surface area contributed by atoms with Gasteiger partial charge in [0.25, 0.3) is 0 Å². The molecule has 0 radical (unpaired) electrons. The Balaban J connectivity index is 1.99. The number of amides is 2. The van der Waals surface area contributed by atoms with Crippen molar-refractivity contribution in [2.24, 2.45) is 0 Å². The lowest BCUT2D eigenvalue weighted by molar-refractivity contribution is -0.136. The average Bonchev–Trinajstić information content (AvgIpc) is 3.06. The lowest BCUT2D eigenvalue weighted by Gasteiger charge is -2.06. The zero-order valence-electron chi connectivity index (χ0n) is 8.80. The van der Waals surface area contributed by atoms with Crippen LogP contribution >= 0.6 is 11.6 Å². The smallest absolute Gasteiger partial charge is 0.313 e. The van der Waals surface area contributed by atoms with Crippen LogP contribution in [0.25, 0.3) is 0 Å². The molecule has 1 aromatic rings. The van der Waals surface area contributed by atoms with E-state index >= 15 is 0 Å². The molecule has 0 saturated heterocycles. The highest BCUT2D eigenvalue weighted by Crippen LogP contribution is 2.20. The van der Waals surface area contributed by atoms with Gasteiger partial charge in [-0.15, -0.1) is 0 Å². The summed E-state index contributed by atoms with van der Waals surface area (Å²) in [6.45, 7) is 0. The SMILES string of the molecule is O=C(Nc1ccc(Cl)cc1F)C(=O)NC1CC1. The van der Waals surface area contributed by atoms with Gasteiger partial charge in [0.1, 0.15) is 5.82 Å². The summed E-state index contributed by atoms with van der Waals surface area (Å²) in [7, 11) is 0. The summed E-state index contributed by atoms with van der Waals surface area (Å²) in [6.07, 6.45) is 1.77. The van der Waals surface area contributed by atoms with Crippen molar-refractivity contribution in [1.82, 2.24) is 5.32 Å². The van der Waals surface area contributed by atoms with E-state index < -0.39 is 17.6 Å². The van der Waals surface area contributed by atoms with Crippen LogP contribution in [0.2, 0.25) is 5.02 Å². The molecule has 1 aliphatic carbocycles. The highest BCUT2D eigenvalue weighted by molar-refractivity contribution is 6.39. The Hall–Kier alpha value is -1.62. The minimum Gasteiger partial charge on any atom is -0.345 e. The highest BCUT2D eigenvalue weighted by atomic mass is 35.5. The second kappa shape index (κ2) is 4.71. The van der Waals surface area contributed by atoms with E-state index in [1.807, 2.05) is 0 Å². The number of hydrogen-bond donors (Lipinski definition) is 2. The summed E-state index contributed by atoms with van der Waals surface area (Å²) in [5.74, 6) is -2.30. The molecule has 0 unspecified atom stereocenters. The van der Waals surface area contributed by atoms with Gasteiger partial charge in [-0.3, -0.25) is 9.59 Å². The van der Waals surface area contributed by atoms with Gasteiger partial charge in [0.2, 0.25) is 0 Å². The van der Waals surface area contributed by atoms with E-state index in [-0.39, 0.29) is 16.8 Å². The molecular weight excluding hydrogens is 247 g/mol. The van der Waals surface area contributed by atoms with Crippen molar-refractivity contribution < 1.29 is 14.0 Å². The van der Waals surface area contributed by atoms with Crippen LogP contribution in [0.1, 0.15) is 12.8 Å². The monoisotopic (exact) mass is 256 g/mol. The first-order valence-corrected chi connectivity index (χ1v) is 5.51. The van der Waals surface area contributed by atoms with Crippen molar-refractivity contribution in [3.63, 3.8) is 0 Å². The number of carbonyl (C=O) groups is 2. The van der Waals surface area contributed by atoms with Crippen molar-refractivity contribution in [3.8, 4) is 0 Å². The molecule has 0 heterocycles. The van der Waals surface area contributed by atoms with Crippen LogP contribution in [-0.2, 0) is 9.59 Å². The summed E-state index contributed by atoms with van der Waals surface area (Å²) in [6, 6.07) is 3.89. The van der Waals surface area contributed by atoms with E-state index in [1.54, 1.807) is 0 Å². The Morgan fingerprint density at radius 1 is 1.29 bits per heavy atom. The molecule has 6 heteroatoms. The standard InChI is InChI=1S/C11H10ClFN2O2/c12-6-1-4-9(8(13)5-6)15-11(17)10(16)14-7-2-3-7/h1,4-5,7H,2-3H2,(H,14,16)(H,15,17). The molecule has 17 heavy (non-hydrogen) atoms. The van der Waals surface area contributed by atoms with Gasteiger partial charge in [-0.25, -0.2) is 4.39 Å². The summed E-state index contributed by atoms with van der Waals surface area (Å²) in [5.41, 5.74) is -0.0645. The Labute approximate surface area is 102 Å². The maximum absolute atomic E-state index is 13.3. The number of rotatable bonds is 2. The topological polar surface area (TPSA) is 58.2 Å². The molecule has 1 fully saturated rings. The highest BCUT2D eigenvalue weighted by Gasteiger charge is 2.26. The van der Waals surface area contributed by atoms with Crippen molar-refractivity contribution in [1.29, 1.82) is 0 Å². The molecule has 4 nitrogen and oxygen atoms in total. The summed E-state index contributed by atoms with van der Waals surface area (Å²) in [4.78, 5) is 22.7. The van der Waals surface area contributed by atoms with Crippen LogP contribution in [0.15, 0.2) is 18.2 Å². The number of halogens is 2. The molecule has 1 aromatic carbocycles. The fourth-order valence-corrected chi connectivity index (χ4v) is 1.41. The first-order chi connectivity index (χ1) is 8.06. The summed E-state index contributed by atoms with van der Waals surface area (Å²) < 4.78 is 13.3. The minimum atomic E-state index is -0.877. The average molecular weight is 257 g/mol. The molecule has 1 saturated carbocycles. The van der Waals surface area contributed by atoms with E-state index in [0.717, 1.165) is 18.9 Å². The van der Waals surface area contributed by atoms with Gasteiger partial charge in [0.05, 0.1) is 5.69 Å². The van der Waals surface area contributed by atoms with Crippen LogP contribution in [0, 0.1) is 5.82 Å². The van der Waals surface area contributed by atoms with E-state index in [2.05, 4.69) is 10.6 Å². The molecule has 90 valence electrons. The van der Waals surface area contributed by atoms with Gasteiger partial charge in [0.15, 0.2) is 0 Å². The van der Waals surface area contributed by atoms with Crippen molar-refractivity contribution in [2.45, 2.75) is 18.9 Å². The van der Waals surface area contributed by atoms with Crippen LogP contribution in [-0.4, -0.2) is 17.9 Å². The second-order valence-electron chi connectivity index (χ2n) is 3.83. The van der Waals surface area contributed by atoms with E-state index in [1.165, 1.54) is 12.1 Å². The molecule has 0 aliphatic heterocycles. The van der Waals surface area contributed by atoms with Crippen LogP contribution in [0.4, 0.5) is 10.1 Å². The molecular formula is C11H10ClFN2O2. The lowest BCUT2D eigenvalue weighted by atomic mass is 10.3. The van der Waals surface area contributed by atoms with Gasteiger partial charge in [-0.05, 0) is 31.0 Å². The van der Waals surface area contributed by atoms with Gasteiger partial charge >= 0.3 is 11.8 Å². The zero-order chi connectivity index (χ0) is 12.4. The summed E-state index contributed by atoms with van der Waals surface area (Å²) >= 11 is 5.56. The van der Waals surface area contributed by atoms with Crippen LogP contribution < -0.4 is 10.6 Å². The molecule has 2 N–H and O–H groups in total. The van der Waals surface area contributed by atoms with E-state index in [4.69, 9.17) is 11.6 Å². The molecule has 0 aromatic heterocycles. The second-order valence-corrected chi connectivity index (χ2v) is 4.26. The molecule has 2 amide bonds. The Bertz CT molecular complexity index is 475. The van der Waals surface area contributed by atoms with Gasteiger partial charge in [-0.1, -0.05) is 11.6 Å². The number of hydrogen-bond acceptors (Lipinski definition) is 2. The van der Waals surface area contributed by atoms with Gasteiger partial charge in [-0.2, -0.15) is 0 Å². The van der Waals surface area contributed by atoms with Crippen molar-refractivity contribution in [3.05, 3.63) is 29.0 Å². The molecule has 1 aliphatic rings. The lowest BCUT2D eigenvalue weighted by Crippen LogP contribution is -2.36. The van der Waals surface area contributed by atoms with Crippen LogP contribution in [0.3, 0.4) is 0 Å². The van der Waals surface area contributed by atoms with Gasteiger partial charge in [0, 0.05) is 11.1 Å². The third-order valence-electron chi connectivity index (χ3n) is 2.30. The number of anilines is 1. The van der Waals surface area contributed by atoms with Crippen molar-refractivity contribution >= 4 is 29.1 Å². The Morgan fingerprint density at radius 3 is 2.59 bits per heavy atom. The first-order valence-electron chi connectivity index (χ1n) is 5.13. The van der Waals surface area contributed by atoms with E-state index in [9.17, 15) is 14.0 Å². The third kappa shape index (κ3) is 3.17. The first kappa shape index (κ1) is 11.9. The maximum atomic E-state index is 13.3. The summed E-state index contributed by atoms with van der Waals surface area (Å²) in [5, 5.41) is 4.92. The maximum Gasteiger partial charge on any atom is 0.313 e. The number of benzene rings is 1. The predicted octanol–water partition coefficient (Wildman–Crippen LogP) is 1.70. The Morgan fingerprint density at radius 2 is 2.00 bits per heavy atom. The van der Waals surface area contributed by atoms with E-state index in [0.29, 0.717) is 0 Å². The zero-order valence-corrected chi connectivity index (χ0v) is 9.55. The normalized spacial score (nSPS) is 14.2. The minimum absolute atomic E-state index is 0.0645. The molecule has 0 bridgehead atoms. The number of carbonyl (C=O) groups excluding carboxylic acids is 2. The van der Waals surface area contributed by atoms with Gasteiger partial charge < -0.3 is 10.6 Å². The fourth-order valence-electron chi connectivity index (χ4n) is 1.25. The quantitative estimate of drug-likeness (QED) is 0.792. The predicted molar refractivity (Wildman–Crippen MR) is 61.2 cm³/mol. The molecule has 0 atom stereocenters.